The fourth-order valence-corrected chi connectivity index (χ4v) is 3.87. The molecule has 0 aliphatic heterocycles. The first-order valence-electron chi connectivity index (χ1n) is 5.99. The van der Waals surface area contributed by atoms with Crippen LogP contribution in [0.1, 0.15) is 53.2 Å². The molecule has 4 heteroatoms. The fraction of sp³-hybridized carbons (Fsp3) is 0.462. The minimum atomic E-state index is -0.215. The van der Waals surface area contributed by atoms with Crippen LogP contribution in [0.2, 0.25) is 0 Å². The quantitative estimate of drug-likeness (QED) is 0.509. The van der Waals surface area contributed by atoms with E-state index in [0.29, 0.717) is 24.1 Å². The van der Waals surface area contributed by atoms with Crippen LogP contribution < -0.4 is 0 Å². The average molecular weight is 343 g/mol. The zero-order valence-corrected chi connectivity index (χ0v) is 11.8. The molecule has 1 heterocycles. The van der Waals surface area contributed by atoms with Crippen molar-refractivity contribution in [3.05, 3.63) is 32.7 Å². The van der Waals surface area contributed by atoms with Gasteiger partial charge in [0.15, 0.2) is 0 Å². The Balaban J connectivity index is 2.10. The second-order valence-corrected chi connectivity index (χ2v) is 5.62. The molecular formula is C13H14INO2. The van der Waals surface area contributed by atoms with Gasteiger partial charge in [-0.15, -0.1) is 0 Å². The van der Waals surface area contributed by atoms with Crippen LogP contribution in [-0.4, -0.2) is 17.6 Å². The molecule has 0 amide bonds. The van der Waals surface area contributed by atoms with Gasteiger partial charge in [-0.25, -0.2) is 4.79 Å². The highest BCUT2D eigenvalue weighted by atomic mass is 127. The van der Waals surface area contributed by atoms with E-state index in [2.05, 4.69) is 39.7 Å². The maximum Gasteiger partial charge on any atom is 0.355 e. The number of esters is 1. The van der Waals surface area contributed by atoms with E-state index >= 15 is 0 Å². The number of carbonyl (C=O) groups excluding carboxylic acids is 1. The van der Waals surface area contributed by atoms with Crippen molar-refractivity contribution < 1.29 is 9.53 Å². The summed E-state index contributed by atoms with van der Waals surface area (Å²) in [5.41, 5.74) is 3.18. The third kappa shape index (κ3) is 1.64. The summed E-state index contributed by atoms with van der Waals surface area (Å²) in [5, 5.41) is 0. The molecule has 1 aromatic heterocycles. The number of fused-ring (bicyclic) bond motifs is 1. The second-order valence-electron chi connectivity index (χ2n) is 4.54. The number of nitrogens with one attached hydrogen (secondary N) is 1. The summed E-state index contributed by atoms with van der Waals surface area (Å²) >= 11 is 2.29. The Morgan fingerprint density at radius 1 is 1.41 bits per heavy atom. The Morgan fingerprint density at radius 2 is 2.06 bits per heavy atom. The molecule has 0 aromatic carbocycles. The van der Waals surface area contributed by atoms with Crippen molar-refractivity contribution in [2.75, 3.05) is 6.61 Å². The van der Waals surface area contributed by atoms with Crippen LogP contribution in [0.3, 0.4) is 0 Å². The average Bonchev–Trinajstić information content (AvgIpc) is 2.72. The van der Waals surface area contributed by atoms with Gasteiger partial charge in [-0.3, -0.25) is 0 Å². The molecule has 3 nitrogen and oxygen atoms in total. The first kappa shape index (κ1) is 11.3. The highest BCUT2D eigenvalue weighted by Gasteiger charge is 2.36. The van der Waals surface area contributed by atoms with E-state index in [0.717, 1.165) is 10.1 Å². The van der Waals surface area contributed by atoms with E-state index in [1.165, 1.54) is 17.5 Å². The second kappa shape index (κ2) is 4.15. The zero-order chi connectivity index (χ0) is 12.0. The lowest BCUT2D eigenvalue weighted by atomic mass is 9.72. The number of ether oxygens (including phenoxy) is 1. The van der Waals surface area contributed by atoms with Gasteiger partial charge < -0.3 is 9.72 Å². The Hall–Kier alpha value is -0.780. The van der Waals surface area contributed by atoms with Crippen molar-refractivity contribution in [2.45, 2.75) is 31.6 Å². The predicted octanol–water partition coefficient (Wildman–Crippen LogP) is 3.33. The largest absolute Gasteiger partial charge is 0.461 e. The lowest BCUT2D eigenvalue weighted by molar-refractivity contribution is 0.0518. The van der Waals surface area contributed by atoms with Crippen molar-refractivity contribution in [1.82, 2.24) is 4.98 Å². The molecule has 3 aliphatic rings. The van der Waals surface area contributed by atoms with E-state index < -0.39 is 0 Å². The van der Waals surface area contributed by atoms with Crippen LogP contribution in [0.5, 0.6) is 0 Å². The Bertz CT molecular complexity index is 504. The number of carbonyl (C=O) groups is 1. The van der Waals surface area contributed by atoms with Gasteiger partial charge in [0, 0.05) is 11.8 Å². The van der Waals surface area contributed by atoms with Crippen molar-refractivity contribution in [3.63, 3.8) is 0 Å². The lowest BCUT2D eigenvalue weighted by Crippen LogP contribution is -2.19. The summed E-state index contributed by atoms with van der Waals surface area (Å²) in [5.74, 6) is 0.670. The van der Waals surface area contributed by atoms with E-state index in [4.69, 9.17) is 4.74 Å². The van der Waals surface area contributed by atoms with Crippen molar-refractivity contribution in [2.24, 2.45) is 0 Å². The molecular weight excluding hydrogens is 329 g/mol. The maximum atomic E-state index is 11.9. The molecule has 17 heavy (non-hydrogen) atoms. The van der Waals surface area contributed by atoms with E-state index in [9.17, 15) is 4.79 Å². The Labute approximate surface area is 114 Å². The number of H-pyrrole nitrogens is 1. The molecule has 1 aromatic rings. The van der Waals surface area contributed by atoms with Gasteiger partial charge in [-0.05, 0) is 53.5 Å². The number of halogens is 1. The van der Waals surface area contributed by atoms with Crippen LogP contribution in [0, 0.1) is 3.70 Å². The van der Waals surface area contributed by atoms with Gasteiger partial charge >= 0.3 is 5.97 Å². The molecule has 3 aliphatic carbocycles. The summed E-state index contributed by atoms with van der Waals surface area (Å²) in [6.07, 6.45) is 6.86. The van der Waals surface area contributed by atoms with E-state index in [-0.39, 0.29) is 5.97 Å². The van der Waals surface area contributed by atoms with Crippen LogP contribution in [-0.2, 0) is 4.74 Å². The number of rotatable bonds is 2. The number of aromatic amines is 1. The standard InChI is InChI=1S/C13H14INO2/c1-2-17-13(16)11-9-7-3-5-8(6-4-7)10(9)12(14)15-11/h3,5,7-8,15H,2,4,6H2,1H3. The number of hydrogen-bond donors (Lipinski definition) is 1. The minimum Gasteiger partial charge on any atom is -0.461 e. The number of allylic oxidation sites excluding steroid dienone is 2. The van der Waals surface area contributed by atoms with Gasteiger partial charge in [0.1, 0.15) is 5.69 Å². The topological polar surface area (TPSA) is 42.1 Å². The third-order valence-electron chi connectivity index (χ3n) is 3.62. The molecule has 0 saturated heterocycles. The summed E-state index contributed by atoms with van der Waals surface area (Å²) in [4.78, 5) is 15.1. The highest BCUT2D eigenvalue weighted by molar-refractivity contribution is 14.1. The molecule has 2 unspecified atom stereocenters. The Kier molecular flexibility index (Phi) is 2.77. The first-order chi connectivity index (χ1) is 8.22. The van der Waals surface area contributed by atoms with E-state index in [1.54, 1.807) is 0 Å². The molecule has 0 fully saturated rings. The third-order valence-corrected chi connectivity index (χ3v) is 4.47. The van der Waals surface area contributed by atoms with Gasteiger partial charge in [0.05, 0.1) is 10.3 Å². The molecule has 0 saturated carbocycles. The van der Waals surface area contributed by atoms with Crippen LogP contribution in [0.25, 0.3) is 0 Å². The summed E-state index contributed by atoms with van der Waals surface area (Å²) in [6, 6.07) is 0. The summed E-state index contributed by atoms with van der Waals surface area (Å²) < 4.78 is 6.21. The molecule has 4 rings (SSSR count). The SMILES string of the molecule is CCOC(=O)c1[nH]c(I)c2c1C1C=CC2CC1. The van der Waals surface area contributed by atoms with Gasteiger partial charge in [0.2, 0.25) is 0 Å². The monoisotopic (exact) mass is 343 g/mol. The van der Waals surface area contributed by atoms with Crippen molar-refractivity contribution in [3.8, 4) is 0 Å². The molecule has 2 atom stereocenters. The summed E-state index contributed by atoms with van der Waals surface area (Å²) in [7, 11) is 0. The normalized spacial score (nSPS) is 24.8. The predicted molar refractivity (Wildman–Crippen MR) is 73.3 cm³/mol. The van der Waals surface area contributed by atoms with Gasteiger partial charge in [-0.1, -0.05) is 12.2 Å². The lowest BCUT2D eigenvalue weighted by Gasteiger charge is -2.31. The van der Waals surface area contributed by atoms with Crippen LogP contribution in [0.4, 0.5) is 0 Å². The van der Waals surface area contributed by atoms with Gasteiger partial charge in [0.25, 0.3) is 0 Å². The fourth-order valence-electron chi connectivity index (χ4n) is 2.91. The first-order valence-corrected chi connectivity index (χ1v) is 7.07. The molecule has 0 spiro atoms. The summed E-state index contributed by atoms with van der Waals surface area (Å²) in [6.45, 7) is 2.26. The molecule has 1 N–H and O–H groups in total. The highest BCUT2D eigenvalue weighted by Crippen LogP contribution is 2.48. The molecule has 0 radical (unpaired) electrons. The van der Waals surface area contributed by atoms with Crippen LogP contribution >= 0.6 is 22.6 Å². The van der Waals surface area contributed by atoms with Crippen molar-refractivity contribution >= 4 is 28.6 Å². The van der Waals surface area contributed by atoms with E-state index in [1.807, 2.05) is 6.92 Å². The molecule has 90 valence electrons. The smallest absolute Gasteiger partial charge is 0.355 e. The van der Waals surface area contributed by atoms with Crippen molar-refractivity contribution in [1.29, 1.82) is 0 Å². The van der Waals surface area contributed by atoms with Gasteiger partial charge in [-0.2, -0.15) is 0 Å². The Morgan fingerprint density at radius 3 is 2.65 bits per heavy atom. The number of hydrogen-bond acceptors (Lipinski definition) is 2. The number of aromatic nitrogens is 1. The van der Waals surface area contributed by atoms with Crippen LogP contribution in [0.15, 0.2) is 12.2 Å². The zero-order valence-electron chi connectivity index (χ0n) is 9.63. The molecule has 2 bridgehead atoms. The maximum absolute atomic E-state index is 11.9. The minimum absolute atomic E-state index is 0.215.